The molecule has 0 saturated carbocycles. The van der Waals surface area contributed by atoms with Crippen molar-refractivity contribution >= 4 is 44.3 Å². The molecule has 3 aromatic rings. The molecular formula is C24H27N3O4S2. The minimum Gasteiger partial charge on any atom is -0.379 e. The summed E-state index contributed by atoms with van der Waals surface area (Å²) in [7, 11) is -3.58. The maximum absolute atomic E-state index is 13.0. The molecule has 0 aliphatic carbocycles. The molecule has 9 heteroatoms. The molecule has 1 aromatic heterocycles. The summed E-state index contributed by atoms with van der Waals surface area (Å²) in [6.45, 7) is 5.44. The van der Waals surface area contributed by atoms with Crippen LogP contribution in [-0.2, 0) is 19.6 Å². The van der Waals surface area contributed by atoms with Crippen molar-refractivity contribution in [3.05, 3.63) is 60.2 Å². The highest BCUT2D eigenvalue weighted by molar-refractivity contribution is 8.00. The Morgan fingerprint density at radius 2 is 1.88 bits per heavy atom. The van der Waals surface area contributed by atoms with Gasteiger partial charge in [0, 0.05) is 24.2 Å². The van der Waals surface area contributed by atoms with Crippen LogP contribution in [0.15, 0.2) is 64.5 Å². The lowest BCUT2D eigenvalue weighted by atomic mass is 10.1. The number of carbonyl (C=O) groups is 1. The Bertz CT molecular complexity index is 1240. The van der Waals surface area contributed by atoms with Gasteiger partial charge in [-0.25, -0.2) is 13.4 Å². The van der Waals surface area contributed by atoms with E-state index in [9.17, 15) is 13.2 Å². The van der Waals surface area contributed by atoms with Crippen LogP contribution >= 0.6 is 11.8 Å². The second-order valence-corrected chi connectivity index (χ2v) is 11.0. The second-order valence-electron chi connectivity index (χ2n) is 7.84. The number of carbonyl (C=O) groups excluding carboxylic acids is 1. The molecule has 33 heavy (non-hydrogen) atoms. The molecule has 1 N–H and O–H groups in total. The van der Waals surface area contributed by atoms with Crippen LogP contribution < -0.4 is 5.32 Å². The predicted octanol–water partition coefficient (Wildman–Crippen LogP) is 4.07. The molecule has 1 amide bonds. The van der Waals surface area contributed by atoms with Gasteiger partial charge >= 0.3 is 0 Å². The number of amides is 1. The van der Waals surface area contributed by atoms with Gasteiger partial charge in [-0.2, -0.15) is 4.31 Å². The lowest BCUT2D eigenvalue weighted by Crippen LogP contribution is -2.40. The molecule has 2 heterocycles. The molecule has 1 atom stereocenters. The molecule has 0 bridgehead atoms. The molecule has 4 rings (SSSR count). The number of morpholine rings is 1. The van der Waals surface area contributed by atoms with Gasteiger partial charge in [-0.3, -0.25) is 4.79 Å². The largest absolute Gasteiger partial charge is 0.379 e. The zero-order valence-corrected chi connectivity index (χ0v) is 20.3. The van der Waals surface area contributed by atoms with E-state index in [1.165, 1.54) is 16.1 Å². The van der Waals surface area contributed by atoms with E-state index in [2.05, 4.69) is 5.32 Å². The molecule has 0 unspecified atom stereocenters. The van der Waals surface area contributed by atoms with Crippen molar-refractivity contribution in [2.75, 3.05) is 31.6 Å². The summed E-state index contributed by atoms with van der Waals surface area (Å²) in [5.74, 6) is -0.0693. The predicted molar refractivity (Wildman–Crippen MR) is 131 cm³/mol. The number of benzene rings is 2. The summed E-state index contributed by atoms with van der Waals surface area (Å²) >= 11 is 1.41. The summed E-state index contributed by atoms with van der Waals surface area (Å²) in [6.07, 6.45) is 0.652. The average Bonchev–Trinajstić information content (AvgIpc) is 2.83. The van der Waals surface area contributed by atoms with Crippen molar-refractivity contribution in [2.24, 2.45) is 0 Å². The van der Waals surface area contributed by atoms with Crippen LogP contribution in [-0.4, -0.2) is 55.2 Å². The number of rotatable bonds is 7. The topological polar surface area (TPSA) is 88.6 Å². The molecule has 1 aliphatic heterocycles. The van der Waals surface area contributed by atoms with Gasteiger partial charge in [-0.15, -0.1) is 0 Å². The number of aromatic nitrogens is 1. The number of anilines is 1. The maximum atomic E-state index is 13.0. The number of thioether (sulfide) groups is 1. The lowest BCUT2D eigenvalue weighted by molar-refractivity contribution is -0.115. The Morgan fingerprint density at radius 3 is 2.58 bits per heavy atom. The Labute approximate surface area is 198 Å². The first-order valence-corrected chi connectivity index (χ1v) is 13.2. The van der Waals surface area contributed by atoms with Crippen LogP contribution in [0.2, 0.25) is 0 Å². The van der Waals surface area contributed by atoms with Gasteiger partial charge < -0.3 is 10.1 Å². The van der Waals surface area contributed by atoms with Crippen LogP contribution in [0.1, 0.15) is 18.9 Å². The van der Waals surface area contributed by atoms with Crippen molar-refractivity contribution in [2.45, 2.75) is 35.4 Å². The minimum absolute atomic E-state index is 0.0693. The number of hydrogen-bond acceptors (Lipinski definition) is 6. The Hall–Kier alpha value is -2.46. The third-order valence-electron chi connectivity index (χ3n) is 5.54. The summed E-state index contributed by atoms with van der Waals surface area (Å²) in [5, 5.41) is 4.18. The van der Waals surface area contributed by atoms with Crippen LogP contribution in [0.4, 0.5) is 5.69 Å². The standard InChI is InChI=1S/C24H27N3O4S2/c1-3-22(24(28)25-18-7-5-4-6-8-18)32-23-15-17(2)20-16-19(9-10-21(20)26-23)33(29,30)27-11-13-31-14-12-27/h4-10,15-16,22H,3,11-14H2,1-2H3,(H,25,28)/t22-/m0/s1. The van der Waals surface area contributed by atoms with Crippen molar-refractivity contribution in [1.82, 2.24) is 9.29 Å². The van der Waals surface area contributed by atoms with Crippen molar-refractivity contribution in [3.8, 4) is 0 Å². The van der Waals surface area contributed by atoms with Gasteiger partial charge in [-0.05, 0) is 55.3 Å². The van der Waals surface area contributed by atoms with Gasteiger partial charge in [0.05, 0.1) is 33.9 Å². The number of ether oxygens (including phenoxy) is 1. The zero-order valence-electron chi connectivity index (χ0n) is 18.7. The fraction of sp³-hybridized carbons (Fsp3) is 0.333. The number of nitrogens with one attached hydrogen (secondary N) is 1. The number of para-hydroxylation sites is 1. The fourth-order valence-corrected chi connectivity index (χ4v) is 6.17. The second kappa shape index (κ2) is 10.2. The van der Waals surface area contributed by atoms with Crippen molar-refractivity contribution in [3.63, 3.8) is 0 Å². The highest BCUT2D eigenvalue weighted by Crippen LogP contribution is 2.30. The van der Waals surface area contributed by atoms with Crippen LogP contribution in [0, 0.1) is 6.92 Å². The smallest absolute Gasteiger partial charge is 0.243 e. The van der Waals surface area contributed by atoms with Crippen LogP contribution in [0.5, 0.6) is 0 Å². The van der Waals surface area contributed by atoms with E-state index in [-0.39, 0.29) is 16.1 Å². The van der Waals surface area contributed by atoms with Gasteiger partial charge in [-0.1, -0.05) is 36.9 Å². The molecule has 0 radical (unpaired) electrons. The summed E-state index contributed by atoms with van der Waals surface area (Å²) in [6, 6.07) is 16.3. The number of pyridine rings is 1. The molecule has 1 fully saturated rings. The first-order chi connectivity index (χ1) is 15.9. The molecular weight excluding hydrogens is 458 g/mol. The lowest BCUT2D eigenvalue weighted by Gasteiger charge is -2.26. The van der Waals surface area contributed by atoms with Gasteiger partial charge in [0.1, 0.15) is 0 Å². The summed E-state index contributed by atoms with van der Waals surface area (Å²) in [4.78, 5) is 17.7. The van der Waals surface area contributed by atoms with Crippen molar-refractivity contribution in [1.29, 1.82) is 0 Å². The first-order valence-electron chi connectivity index (χ1n) is 10.9. The van der Waals surface area contributed by atoms with Crippen molar-refractivity contribution < 1.29 is 17.9 Å². The first kappa shape index (κ1) is 23.7. The quantitative estimate of drug-likeness (QED) is 0.508. The van der Waals surface area contributed by atoms with Gasteiger partial charge in [0.2, 0.25) is 15.9 Å². The number of nitrogens with zero attached hydrogens (tertiary/aromatic N) is 2. The molecule has 0 spiro atoms. The van der Waals surface area contributed by atoms with E-state index in [0.29, 0.717) is 38.2 Å². The molecule has 2 aromatic carbocycles. The van der Waals surface area contributed by atoms with Crippen LogP contribution in [0.25, 0.3) is 10.9 Å². The zero-order chi connectivity index (χ0) is 23.4. The fourth-order valence-electron chi connectivity index (χ4n) is 3.71. The van der Waals surface area contributed by atoms with E-state index < -0.39 is 10.0 Å². The molecule has 174 valence electrons. The Morgan fingerprint density at radius 1 is 1.15 bits per heavy atom. The Balaban J connectivity index is 1.56. The molecule has 1 aliphatic rings. The molecule has 1 saturated heterocycles. The number of aryl methyl sites for hydroxylation is 1. The van der Waals surface area contributed by atoms with E-state index >= 15 is 0 Å². The maximum Gasteiger partial charge on any atom is 0.243 e. The number of hydrogen-bond donors (Lipinski definition) is 1. The summed E-state index contributed by atoms with van der Waals surface area (Å²) < 4.78 is 32.8. The normalized spacial score (nSPS) is 15.9. The third-order valence-corrected chi connectivity index (χ3v) is 8.72. The van der Waals surface area contributed by atoms with E-state index in [4.69, 9.17) is 9.72 Å². The SMILES string of the molecule is CC[C@H](Sc1cc(C)c2cc(S(=O)(=O)N3CCOCC3)ccc2n1)C(=O)Nc1ccccc1. The van der Waals surface area contributed by atoms with Gasteiger partial charge in [0.15, 0.2) is 0 Å². The van der Waals surface area contributed by atoms with Gasteiger partial charge in [0.25, 0.3) is 0 Å². The van der Waals surface area contributed by atoms with E-state index in [1.807, 2.05) is 50.2 Å². The summed E-state index contributed by atoms with van der Waals surface area (Å²) in [5.41, 5.74) is 2.38. The monoisotopic (exact) mass is 485 g/mol. The number of fused-ring (bicyclic) bond motifs is 1. The average molecular weight is 486 g/mol. The molecule has 7 nitrogen and oxygen atoms in total. The number of sulfonamides is 1. The third kappa shape index (κ3) is 5.38. The highest BCUT2D eigenvalue weighted by atomic mass is 32.2. The van der Waals surface area contributed by atoms with E-state index in [1.54, 1.807) is 18.2 Å². The highest BCUT2D eigenvalue weighted by Gasteiger charge is 2.27. The van der Waals surface area contributed by atoms with Crippen LogP contribution in [0.3, 0.4) is 0 Å². The Kier molecular flexibility index (Phi) is 7.33. The minimum atomic E-state index is -3.58. The van der Waals surface area contributed by atoms with E-state index in [0.717, 1.165) is 21.7 Å².